The molecule has 0 saturated heterocycles. The molecule has 0 radical (unpaired) electrons. The maximum atomic E-state index is 11.9. The van der Waals surface area contributed by atoms with Crippen molar-refractivity contribution in [1.82, 2.24) is 5.32 Å². The first-order chi connectivity index (χ1) is 10.7. The molecule has 0 saturated carbocycles. The molecular formula is C17H18N2O3. The molecule has 0 bridgehead atoms. The second kappa shape index (κ2) is 7.79. The van der Waals surface area contributed by atoms with E-state index < -0.39 is 0 Å². The number of likely N-dealkylation sites (N-methyl/N-ethyl adjacent to an activating group) is 1. The molecule has 0 atom stereocenters. The van der Waals surface area contributed by atoms with E-state index in [0.717, 1.165) is 11.4 Å². The van der Waals surface area contributed by atoms with Crippen LogP contribution in [-0.4, -0.2) is 26.1 Å². The number of ether oxygens (including phenoxy) is 1. The van der Waals surface area contributed by atoms with Crippen molar-refractivity contribution in [1.29, 1.82) is 0 Å². The minimum absolute atomic E-state index is 0.0773. The van der Waals surface area contributed by atoms with Crippen LogP contribution in [0.25, 0.3) is 0 Å². The van der Waals surface area contributed by atoms with Gasteiger partial charge in [-0.3, -0.25) is 4.79 Å². The fourth-order valence-electron chi connectivity index (χ4n) is 1.88. The average Bonchev–Trinajstić information content (AvgIpc) is 3.05. The number of nitrogens with one attached hydrogen (secondary N) is 1. The highest BCUT2D eigenvalue weighted by molar-refractivity contribution is 5.81. The van der Waals surface area contributed by atoms with E-state index in [2.05, 4.69) is 11.2 Å². The van der Waals surface area contributed by atoms with E-state index >= 15 is 0 Å². The molecule has 114 valence electrons. The highest BCUT2D eigenvalue weighted by Crippen LogP contribution is 2.18. The number of carbonyl (C=O) groups is 1. The molecule has 0 aliphatic heterocycles. The third-order valence-electron chi connectivity index (χ3n) is 3.02. The van der Waals surface area contributed by atoms with Crippen LogP contribution in [-0.2, 0) is 11.3 Å². The first kappa shape index (κ1) is 15.5. The number of furan rings is 1. The van der Waals surface area contributed by atoms with Crippen LogP contribution in [0, 0.1) is 12.3 Å². The zero-order valence-electron chi connectivity index (χ0n) is 12.4. The van der Waals surface area contributed by atoms with Gasteiger partial charge in [0.15, 0.2) is 0 Å². The van der Waals surface area contributed by atoms with Gasteiger partial charge in [0.2, 0.25) is 5.91 Å². The normalized spacial score (nSPS) is 9.82. The van der Waals surface area contributed by atoms with Gasteiger partial charge in [-0.15, -0.1) is 6.42 Å². The lowest BCUT2D eigenvalue weighted by atomic mass is 10.3. The first-order valence-corrected chi connectivity index (χ1v) is 6.85. The number of carbonyl (C=O) groups excluding carboxylic acids is 1. The Morgan fingerprint density at radius 1 is 1.36 bits per heavy atom. The van der Waals surface area contributed by atoms with Gasteiger partial charge in [0.25, 0.3) is 0 Å². The van der Waals surface area contributed by atoms with E-state index in [-0.39, 0.29) is 19.1 Å². The van der Waals surface area contributed by atoms with Gasteiger partial charge < -0.3 is 19.4 Å². The zero-order chi connectivity index (χ0) is 15.8. The molecule has 0 unspecified atom stereocenters. The Kier molecular flexibility index (Phi) is 5.50. The zero-order valence-corrected chi connectivity index (χ0v) is 12.4. The number of nitrogens with zero attached hydrogens (tertiary/aromatic N) is 1. The maximum absolute atomic E-state index is 11.9. The Bertz CT molecular complexity index is 627. The van der Waals surface area contributed by atoms with Crippen LogP contribution < -0.4 is 15.0 Å². The predicted molar refractivity (Wildman–Crippen MR) is 84.6 cm³/mol. The molecule has 1 N–H and O–H groups in total. The van der Waals surface area contributed by atoms with Crippen molar-refractivity contribution in [3.8, 4) is 18.1 Å². The van der Waals surface area contributed by atoms with Gasteiger partial charge in [-0.1, -0.05) is 5.92 Å². The van der Waals surface area contributed by atoms with Gasteiger partial charge in [-0.05, 0) is 36.4 Å². The molecule has 1 aromatic heterocycles. The van der Waals surface area contributed by atoms with Gasteiger partial charge in [0, 0.05) is 12.7 Å². The first-order valence-electron chi connectivity index (χ1n) is 6.85. The van der Waals surface area contributed by atoms with Gasteiger partial charge >= 0.3 is 0 Å². The molecule has 2 aromatic rings. The topological polar surface area (TPSA) is 54.7 Å². The highest BCUT2D eigenvalue weighted by atomic mass is 16.5. The van der Waals surface area contributed by atoms with Gasteiger partial charge in [-0.2, -0.15) is 0 Å². The Balaban J connectivity index is 1.81. The summed E-state index contributed by atoms with van der Waals surface area (Å²) >= 11 is 0. The van der Waals surface area contributed by atoms with Crippen molar-refractivity contribution in [2.24, 2.45) is 0 Å². The monoisotopic (exact) mass is 298 g/mol. The summed E-state index contributed by atoms with van der Waals surface area (Å²) in [4.78, 5) is 13.7. The van der Waals surface area contributed by atoms with Gasteiger partial charge in [-0.25, -0.2) is 0 Å². The number of anilines is 1. The van der Waals surface area contributed by atoms with Crippen LogP contribution in [0.15, 0.2) is 47.1 Å². The lowest BCUT2D eigenvalue weighted by Crippen LogP contribution is -2.34. The second-order valence-electron chi connectivity index (χ2n) is 4.70. The smallest absolute Gasteiger partial charge is 0.239 e. The van der Waals surface area contributed by atoms with E-state index in [1.54, 1.807) is 12.3 Å². The SMILES string of the molecule is C#CCOc1ccc(N(C)CC(=O)NCc2ccco2)cc1. The second-order valence-corrected chi connectivity index (χ2v) is 4.70. The Morgan fingerprint density at radius 2 is 2.14 bits per heavy atom. The number of amides is 1. The molecular weight excluding hydrogens is 280 g/mol. The summed E-state index contributed by atoms with van der Waals surface area (Å²) in [6.45, 7) is 0.883. The Labute approximate surface area is 129 Å². The van der Waals surface area contributed by atoms with Crippen LogP contribution >= 0.6 is 0 Å². The van der Waals surface area contributed by atoms with E-state index in [0.29, 0.717) is 12.3 Å². The third-order valence-corrected chi connectivity index (χ3v) is 3.02. The summed E-state index contributed by atoms with van der Waals surface area (Å²) < 4.78 is 10.5. The fraction of sp³-hybridized carbons (Fsp3) is 0.235. The summed E-state index contributed by atoms with van der Waals surface area (Å²) in [5.41, 5.74) is 0.918. The summed E-state index contributed by atoms with van der Waals surface area (Å²) in [6, 6.07) is 11.0. The molecule has 1 amide bonds. The van der Waals surface area contributed by atoms with Crippen molar-refractivity contribution < 1.29 is 13.9 Å². The standard InChI is InChI=1S/C17H18N2O3/c1-3-10-21-15-8-6-14(7-9-15)19(2)13-17(20)18-12-16-5-4-11-22-16/h1,4-9,11H,10,12-13H2,2H3,(H,18,20). The van der Waals surface area contributed by atoms with Crippen LogP contribution in [0.3, 0.4) is 0 Å². The van der Waals surface area contributed by atoms with Crippen molar-refractivity contribution in [2.45, 2.75) is 6.54 Å². The number of benzene rings is 1. The Morgan fingerprint density at radius 3 is 2.77 bits per heavy atom. The largest absolute Gasteiger partial charge is 0.481 e. The van der Waals surface area contributed by atoms with Crippen molar-refractivity contribution in [3.05, 3.63) is 48.4 Å². The molecule has 0 spiro atoms. The summed E-state index contributed by atoms with van der Waals surface area (Å²) in [7, 11) is 1.85. The van der Waals surface area contributed by atoms with Crippen LogP contribution in [0.2, 0.25) is 0 Å². The van der Waals surface area contributed by atoms with E-state index in [1.807, 2.05) is 42.3 Å². The molecule has 1 aromatic carbocycles. The summed E-state index contributed by atoms with van der Waals surface area (Å²) in [5, 5.41) is 2.80. The lowest BCUT2D eigenvalue weighted by molar-refractivity contribution is -0.119. The molecule has 5 nitrogen and oxygen atoms in total. The van der Waals surface area contributed by atoms with Crippen LogP contribution in [0.4, 0.5) is 5.69 Å². The molecule has 0 aliphatic rings. The maximum Gasteiger partial charge on any atom is 0.239 e. The number of terminal acetylenes is 1. The fourth-order valence-corrected chi connectivity index (χ4v) is 1.88. The van der Waals surface area contributed by atoms with E-state index in [1.165, 1.54) is 0 Å². The number of rotatable bonds is 7. The molecule has 0 fully saturated rings. The highest BCUT2D eigenvalue weighted by Gasteiger charge is 2.08. The lowest BCUT2D eigenvalue weighted by Gasteiger charge is -2.19. The third kappa shape index (κ3) is 4.60. The molecule has 5 heteroatoms. The minimum atomic E-state index is -0.0773. The number of hydrogen-bond donors (Lipinski definition) is 1. The van der Waals surface area contributed by atoms with Crippen molar-refractivity contribution in [3.63, 3.8) is 0 Å². The van der Waals surface area contributed by atoms with Crippen molar-refractivity contribution in [2.75, 3.05) is 25.1 Å². The van der Waals surface area contributed by atoms with Crippen LogP contribution in [0.1, 0.15) is 5.76 Å². The van der Waals surface area contributed by atoms with E-state index in [4.69, 9.17) is 15.6 Å². The van der Waals surface area contributed by atoms with Crippen molar-refractivity contribution >= 4 is 11.6 Å². The van der Waals surface area contributed by atoms with Gasteiger partial charge in [0.05, 0.1) is 19.4 Å². The Hall–Kier alpha value is -2.87. The van der Waals surface area contributed by atoms with Crippen LogP contribution in [0.5, 0.6) is 5.75 Å². The summed E-state index contributed by atoms with van der Waals surface area (Å²) in [6.07, 6.45) is 6.72. The average molecular weight is 298 g/mol. The molecule has 1 heterocycles. The van der Waals surface area contributed by atoms with E-state index in [9.17, 15) is 4.79 Å². The minimum Gasteiger partial charge on any atom is -0.481 e. The molecule has 0 aliphatic carbocycles. The van der Waals surface area contributed by atoms with Gasteiger partial charge in [0.1, 0.15) is 18.1 Å². The molecule has 2 rings (SSSR count). The molecule has 22 heavy (non-hydrogen) atoms. The predicted octanol–water partition coefficient (Wildman–Crippen LogP) is 2.04. The number of hydrogen-bond acceptors (Lipinski definition) is 4. The quantitative estimate of drug-likeness (QED) is 0.795. The summed E-state index contributed by atoms with van der Waals surface area (Å²) in [5.74, 6) is 3.77.